The largest absolute Gasteiger partial charge is 0.461 e. The maximum absolute atomic E-state index is 11.7. The minimum atomic E-state index is -1.03. The standard InChI is InChI=1S/C22H21NO4S/c1-22(25)12-17(26-18(24)13-22)14-28-21-23-19(15-8-4-2-5-9-15)20(27-21)16-10-6-3-7-11-16/h2-11,17,25H,12-14H2,1H3/t17-,22+/m1/s1. The number of thioether (sulfide) groups is 1. The second-order valence-electron chi connectivity index (χ2n) is 7.19. The van der Waals surface area contributed by atoms with E-state index in [1.807, 2.05) is 60.7 Å². The minimum Gasteiger partial charge on any atom is -0.461 e. The average molecular weight is 395 g/mol. The van der Waals surface area contributed by atoms with Gasteiger partial charge in [-0.15, -0.1) is 0 Å². The Morgan fingerprint density at radius 1 is 1.11 bits per heavy atom. The van der Waals surface area contributed by atoms with Gasteiger partial charge in [-0.25, -0.2) is 4.98 Å². The lowest BCUT2D eigenvalue weighted by atomic mass is 9.93. The number of esters is 1. The van der Waals surface area contributed by atoms with Gasteiger partial charge in [0.15, 0.2) is 5.76 Å². The third-order valence-electron chi connectivity index (χ3n) is 4.57. The van der Waals surface area contributed by atoms with Crippen LogP contribution in [0.3, 0.4) is 0 Å². The van der Waals surface area contributed by atoms with Gasteiger partial charge in [0.05, 0.1) is 12.0 Å². The molecule has 0 aliphatic carbocycles. The van der Waals surface area contributed by atoms with Gasteiger partial charge in [-0.1, -0.05) is 72.4 Å². The van der Waals surface area contributed by atoms with Crippen molar-refractivity contribution in [3.63, 3.8) is 0 Å². The Labute approximate surface area is 167 Å². The molecule has 0 radical (unpaired) electrons. The first-order valence-corrected chi connectivity index (χ1v) is 10.1. The van der Waals surface area contributed by atoms with Crippen molar-refractivity contribution >= 4 is 17.7 Å². The van der Waals surface area contributed by atoms with Gasteiger partial charge in [0.25, 0.3) is 5.22 Å². The molecular formula is C22H21NO4S. The highest BCUT2D eigenvalue weighted by molar-refractivity contribution is 7.99. The zero-order chi connectivity index (χ0) is 19.6. The van der Waals surface area contributed by atoms with Crippen LogP contribution in [0.2, 0.25) is 0 Å². The number of nitrogens with zero attached hydrogens (tertiary/aromatic N) is 1. The number of rotatable bonds is 5. The molecule has 2 aromatic carbocycles. The Bertz CT molecular complexity index is 896. The zero-order valence-corrected chi connectivity index (χ0v) is 16.3. The minimum absolute atomic E-state index is 0.0312. The van der Waals surface area contributed by atoms with Gasteiger partial charge >= 0.3 is 5.97 Å². The molecule has 1 fully saturated rings. The molecule has 0 unspecified atom stereocenters. The molecule has 0 spiro atoms. The molecule has 144 valence electrons. The smallest absolute Gasteiger partial charge is 0.309 e. The van der Waals surface area contributed by atoms with E-state index >= 15 is 0 Å². The summed E-state index contributed by atoms with van der Waals surface area (Å²) in [5.41, 5.74) is 1.68. The number of aromatic nitrogens is 1. The normalized spacial score (nSPS) is 22.1. The summed E-state index contributed by atoms with van der Waals surface area (Å²) in [5.74, 6) is 0.816. The first-order valence-electron chi connectivity index (χ1n) is 9.16. The molecule has 2 atom stereocenters. The van der Waals surface area contributed by atoms with Gasteiger partial charge in [-0.3, -0.25) is 4.79 Å². The van der Waals surface area contributed by atoms with Crippen LogP contribution in [-0.4, -0.2) is 33.5 Å². The Hall–Kier alpha value is -2.57. The van der Waals surface area contributed by atoms with Crippen LogP contribution < -0.4 is 0 Å². The van der Waals surface area contributed by atoms with Gasteiger partial charge in [0, 0.05) is 23.3 Å². The maximum atomic E-state index is 11.7. The molecule has 2 heterocycles. The fourth-order valence-electron chi connectivity index (χ4n) is 3.34. The van der Waals surface area contributed by atoms with Gasteiger partial charge in [-0.2, -0.15) is 0 Å². The number of carbonyl (C=O) groups is 1. The van der Waals surface area contributed by atoms with Crippen molar-refractivity contribution in [2.75, 3.05) is 5.75 Å². The summed E-state index contributed by atoms with van der Waals surface area (Å²) < 4.78 is 11.4. The van der Waals surface area contributed by atoms with Crippen molar-refractivity contribution in [1.29, 1.82) is 0 Å². The van der Waals surface area contributed by atoms with Crippen molar-refractivity contribution < 1.29 is 19.1 Å². The van der Waals surface area contributed by atoms with Crippen molar-refractivity contribution in [2.45, 2.75) is 36.7 Å². The third kappa shape index (κ3) is 4.29. The first-order chi connectivity index (χ1) is 13.5. The van der Waals surface area contributed by atoms with Crippen LogP contribution in [0, 0.1) is 0 Å². The van der Waals surface area contributed by atoms with Crippen LogP contribution in [0.25, 0.3) is 22.6 Å². The predicted octanol–water partition coefficient (Wildman–Crippen LogP) is 4.56. The quantitative estimate of drug-likeness (QED) is 0.504. The van der Waals surface area contributed by atoms with Crippen molar-refractivity contribution in [3.05, 3.63) is 60.7 Å². The number of benzene rings is 2. The van der Waals surface area contributed by atoms with E-state index in [1.165, 1.54) is 11.8 Å². The van der Waals surface area contributed by atoms with Crippen molar-refractivity contribution in [1.82, 2.24) is 4.98 Å². The molecule has 1 aliphatic heterocycles. The van der Waals surface area contributed by atoms with E-state index in [2.05, 4.69) is 4.98 Å². The number of oxazole rings is 1. The molecule has 5 nitrogen and oxygen atoms in total. The zero-order valence-electron chi connectivity index (χ0n) is 15.5. The number of aliphatic hydroxyl groups is 1. The summed E-state index contributed by atoms with van der Waals surface area (Å²) in [4.78, 5) is 16.4. The van der Waals surface area contributed by atoms with E-state index in [0.717, 1.165) is 16.8 Å². The fourth-order valence-corrected chi connectivity index (χ4v) is 4.15. The molecule has 0 saturated carbocycles. The number of ether oxygens (including phenoxy) is 1. The molecular weight excluding hydrogens is 374 g/mol. The molecule has 28 heavy (non-hydrogen) atoms. The lowest BCUT2D eigenvalue weighted by Gasteiger charge is -2.32. The Balaban J connectivity index is 1.58. The van der Waals surface area contributed by atoms with E-state index in [0.29, 0.717) is 23.2 Å². The van der Waals surface area contributed by atoms with Crippen LogP contribution in [0.5, 0.6) is 0 Å². The average Bonchev–Trinajstić information content (AvgIpc) is 3.11. The van der Waals surface area contributed by atoms with Gasteiger partial charge in [-0.05, 0) is 6.92 Å². The van der Waals surface area contributed by atoms with Gasteiger partial charge in [0.2, 0.25) is 0 Å². The Kier molecular flexibility index (Phi) is 5.24. The molecule has 1 aliphatic rings. The van der Waals surface area contributed by atoms with Crippen LogP contribution in [0.4, 0.5) is 0 Å². The summed E-state index contributed by atoms with van der Waals surface area (Å²) in [6.07, 6.45) is 0.0704. The van der Waals surface area contributed by atoms with E-state index in [1.54, 1.807) is 6.92 Å². The molecule has 0 amide bonds. The number of hydrogen-bond acceptors (Lipinski definition) is 6. The molecule has 4 rings (SSSR count). The summed E-state index contributed by atoms with van der Waals surface area (Å²) in [6.45, 7) is 1.66. The lowest BCUT2D eigenvalue weighted by Crippen LogP contribution is -2.41. The van der Waals surface area contributed by atoms with Gasteiger partial charge < -0.3 is 14.3 Å². The molecule has 6 heteroatoms. The Morgan fingerprint density at radius 3 is 2.39 bits per heavy atom. The highest BCUT2D eigenvalue weighted by Gasteiger charge is 2.36. The molecule has 3 aromatic rings. The molecule has 0 bridgehead atoms. The number of hydrogen-bond donors (Lipinski definition) is 1. The monoisotopic (exact) mass is 395 g/mol. The van der Waals surface area contributed by atoms with E-state index in [-0.39, 0.29) is 18.5 Å². The summed E-state index contributed by atoms with van der Waals surface area (Å²) in [6, 6.07) is 19.8. The third-order valence-corrected chi connectivity index (χ3v) is 5.53. The van der Waals surface area contributed by atoms with Gasteiger partial charge in [0.1, 0.15) is 11.8 Å². The van der Waals surface area contributed by atoms with Crippen LogP contribution in [0.15, 0.2) is 70.3 Å². The summed E-state index contributed by atoms with van der Waals surface area (Å²) in [7, 11) is 0. The van der Waals surface area contributed by atoms with Crippen molar-refractivity contribution in [3.8, 4) is 22.6 Å². The van der Waals surface area contributed by atoms with E-state index < -0.39 is 5.60 Å². The Morgan fingerprint density at radius 2 is 1.75 bits per heavy atom. The molecule has 1 N–H and O–H groups in total. The predicted molar refractivity (Wildman–Crippen MR) is 108 cm³/mol. The SMILES string of the molecule is C[C@@]1(O)CC(=O)O[C@@H](CSc2nc(-c3ccccc3)c(-c3ccccc3)o2)C1. The highest BCUT2D eigenvalue weighted by Crippen LogP contribution is 2.36. The van der Waals surface area contributed by atoms with E-state index in [9.17, 15) is 9.90 Å². The van der Waals surface area contributed by atoms with Crippen LogP contribution in [0.1, 0.15) is 19.8 Å². The highest BCUT2D eigenvalue weighted by atomic mass is 32.2. The maximum Gasteiger partial charge on any atom is 0.309 e. The van der Waals surface area contributed by atoms with Crippen LogP contribution in [-0.2, 0) is 9.53 Å². The first kappa shape index (κ1) is 18.8. The van der Waals surface area contributed by atoms with Crippen LogP contribution >= 0.6 is 11.8 Å². The topological polar surface area (TPSA) is 72.6 Å². The second kappa shape index (κ2) is 7.81. The lowest BCUT2D eigenvalue weighted by molar-refractivity contribution is -0.165. The van der Waals surface area contributed by atoms with Crippen molar-refractivity contribution in [2.24, 2.45) is 0 Å². The fraction of sp³-hybridized carbons (Fsp3) is 0.273. The molecule has 1 saturated heterocycles. The summed E-state index contributed by atoms with van der Waals surface area (Å²) in [5, 5.41) is 10.7. The van der Waals surface area contributed by atoms with E-state index in [4.69, 9.17) is 9.15 Å². The number of cyclic esters (lactones) is 1. The number of carbonyl (C=O) groups excluding carboxylic acids is 1. The second-order valence-corrected chi connectivity index (χ2v) is 8.16. The molecule has 1 aromatic heterocycles. The summed E-state index contributed by atoms with van der Waals surface area (Å²) >= 11 is 1.39.